The molecule has 9 heteroatoms. The molecule has 0 saturated carbocycles. The number of aryl methyl sites for hydroxylation is 1. The fraction of sp³-hybridized carbons (Fsp3) is 0.0909. The topological polar surface area (TPSA) is 102 Å². The van der Waals surface area contributed by atoms with Gasteiger partial charge in [-0.05, 0) is 19.1 Å². The van der Waals surface area contributed by atoms with E-state index in [1.165, 1.54) is 25.1 Å². The Morgan fingerprint density at radius 3 is 2.60 bits per heavy atom. The molecule has 2 aromatic rings. The second-order valence-corrected chi connectivity index (χ2v) is 6.63. The fourth-order valence-corrected chi connectivity index (χ4v) is 3.36. The number of sulfonamides is 1. The number of nitrogens with zero attached hydrogens (tertiary/aromatic N) is 1. The average Bonchev–Trinajstić information content (AvgIpc) is 2.70. The summed E-state index contributed by atoms with van der Waals surface area (Å²) in [7, 11) is -3.89. The molecule has 1 aromatic carbocycles. The molecule has 2 rings (SSSR count). The Morgan fingerprint density at radius 2 is 2.05 bits per heavy atom. The molecule has 0 unspecified atom stereocenters. The van der Waals surface area contributed by atoms with E-state index in [0.29, 0.717) is 11.3 Å². The van der Waals surface area contributed by atoms with Crippen LogP contribution < -0.4 is 10.5 Å². The molecule has 0 aliphatic carbocycles. The molecule has 1 amide bonds. The molecule has 6 nitrogen and oxygen atoms in total. The first kappa shape index (κ1) is 14.6. The predicted octanol–water partition coefficient (Wildman–Crippen LogP) is 1.49. The third kappa shape index (κ3) is 3.00. The van der Waals surface area contributed by atoms with Crippen molar-refractivity contribution < 1.29 is 17.6 Å². The average molecular weight is 315 g/mol. The Kier molecular flexibility index (Phi) is 3.84. The Bertz CT molecular complexity index is 771. The van der Waals surface area contributed by atoms with Gasteiger partial charge in [-0.15, -0.1) is 0 Å². The molecule has 0 saturated heterocycles. The van der Waals surface area contributed by atoms with Gasteiger partial charge in [0.05, 0.1) is 11.3 Å². The zero-order chi connectivity index (χ0) is 14.9. The van der Waals surface area contributed by atoms with Crippen molar-refractivity contribution in [1.29, 1.82) is 0 Å². The molecule has 1 aromatic heterocycles. The van der Waals surface area contributed by atoms with E-state index in [1.807, 2.05) is 0 Å². The van der Waals surface area contributed by atoms with E-state index in [0.717, 1.165) is 6.07 Å². The van der Waals surface area contributed by atoms with Crippen LogP contribution in [-0.2, 0) is 10.0 Å². The summed E-state index contributed by atoms with van der Waals surface area (Å²) in [5, 5.41) is 7.39. The lowest BCUT2D eigenvalue weighted by atomic mass is 10.2. The number of halogens is 1. The number of primary sulfonamides is 1. The second kappa shape index (κ2) is 5.27. The number of aromatic nitrogens is 1. The molecule has 0 aliphatic heterocycles. The van der Waals surface area contributed by atoms with Crippen LogP contribution in [0.15, 0.2) is 28.5 Å². The molecular weight excluding hydrogens is 305 g/mol. The van der Waals surface area contributed by atoms with Crippen LogP contribution in [0.5, 0.6) is 0 Å². The van der Waals surface area contributed by atoms with Gasteiger partial charge in [0.2, 0.25) is 10.0 Å². The summed E-state index contributed by atoms with van der Waals surface area (Å²) in [6.07, 6.45) is 0. The third-order valence-corrected chi connectivity index (χ3v) is 4.98. The van der Waals surface area contributed by atoms with E-state index in [2.05, 4.69) is 10.3 Å². The van der Waals surface area contributed by atoms with Crippen molar-refractivity contribution in [2.45, 2.75) is 11.1 Å². The van der Waals surface area contributed by atoms with Gasteiger partial charge in [-0.2, -0.15) is 0 Å². The van der Waals surface area contributed by atoms with Crippen LogP contribution in [0.3, 0.4) is 0 Å². The molecule has 0 fully saturated rings. The van der Waals surface area contributed by atoms with Gasteiger partial charge in [-0.1, -0.05) is 23.5 Å². The molecular formula is C11H10FN3O3S2. The van der Waals surface area contributed by atoms with Crippen molar-refractivity contribution in [3.8, 4) is 0 Å². The Labute approximate surface area is 118 Å². The minimum atomic E-state index is -3.89. The van der Waals surface area contributed by atoms with Crippen LogP contribution in [0, 0.1) is 12.7 Å². The SMILES string of the molecule is Cc1nc(NC(=O)c2ccccc2F)sc1S(N)(=O)=O. The monoisotopic (exact) mass is 315 g/mol. The highest BCUT2D eigenvalue weighted by Crippen LogP contribution is 2.26. The normalized spacial score (nSPS) is 11.3. The number of nitrogens with two attached hydrogens (primary N) is 1. The van der Waals surface area contributed by atoms with Gasteiger partial charge in [0, 0.05) is 0 Å². The van der Waals surface area contributed by atoms with Gasteiger partial charge in [0.25, 0.3) is 5.91 Å². The number of carbonyl (C=O) groups is 1. The summed E-state index contributed by atoms with van der Waals surface area (Å²) in [4.78, 5) is 15.7. The summed E-state index contributed by atoms with van der Waals surface area (Å²) >= 11 is 0.717. The van der Waals surface area contributed by atoms with Crippen molar-refractivity contribution >= 4 is 32.4 Å². The molecule has 1 heterocycles. The fourth-order valence-electron chi connectivity index (χ4n) is 1.51. The van der Waals surface area contributed by atoms with Gasteiger partial charge in [-0.3, -0.25) is 10.1 Å². The maximum absolute atomic E-state index is 13.4. The number of rotatable bonds is 3. The van der Waals surface area contributed by atoms with Gasteiger partial charge >= 0.3 is 0 Å². The summed E-state index contributed by atoms with van der Waals surface area (Å²) < 4.78 is 35.8. The number of nitrogens with one attached hydrogen (secondary N) is 1. The van der Waals surface area contributed by atoms with Crippen molar-refractivity contribution in [3.05, 3.63) is 41.3 Å². The van der Waals surface area contributed by atoms with Crippen molar-refractivity contribution in [3.63, 3.8) is 0 Å². The summed E-state index contributed by atoms with van der Waals surface area (Å²) in [6.45, 7) is 1.45. The van der Waals surface area contributed by atoms with Crippen LogP contribution in [-0.4, -0.2) is 19.3 Å². The quantitative estimate of drug-likeness (QED) is 0.895. The largest absolute Gasteiger partial charge is 0.298 e. The van der Waals surface area contributed by atoms with Crippen LogP contribution in [0.4, 0.5) is 9.52 Å². The molecule has 106 valence electrons. The van der Waals surface area contributed by atoms with Crippen LogP contribution in [0.2, 0.25) is 0 Å². The smallest absolute Gasteiger partial charge is 0.260 e. The van der Waals surface area contributed by atoms with Gasteiger partial charge in [0.15, 0.2) is 9.34 Å². The van der Waals surface area contributed by atoms with E-state index >= 15 is 0 Å². The first-order chi connectivity index (χ1) is 9.29. The lowest BCUT2D eigenvalue weighted by molar-refractivity contribution is 0.102. The molecule has 20 heavy (non-hydrogen) atoms. The molecule has 0 bridgehead atoms. The van der Waals surface area contributed by atoms with Crippen molar-refractivity contribution in [1.82, 2.24) is 4.98 Å². The maximum atomic E-state index is 13.4. The standard InChI is InChI=1S/C11H10FN3O3S2/c1-6-10(20(13,17)18)19-11(14-6)15-9(16)7-4-2-3-5-8(7)12/h2-5H,1H3,(H2,13,17,18)(H,14,15,16). The van der Waals surface area contributed by atoms with Crippen LogP contribution in [0.25, 0.3) is 0 Å². The minimum Gasteiger partial charge on any atom is -0.298 e. The number of thiazole rings is 1. The van der Waals surface area contributed by atoms with Gasteiger partial charge in [-0.25, -0.2) is 22.9 Å². The van der Waals surface area contributed by atoms with E-state index in [4.69, 9.17) is 5.14 Å². The van der Waals surface area contributed by atoms with E-state index < -0.39 is 21.7 Å². The van der Waals surface area contributed by atoms with E-state index in [-0.39, 0.29) is 20.6 Å². The summed E-state index contributed by atoms with van der Waals surface area (Å²) in [6, 6.07) is 5.43. The zero-order valence-electron chi connectivity index (χ0n) is 10.3. The number of anilines is 1. The number of hydrogen-bond acceptors (Lipinski definition) is 5. The zero-order valence-corrected chi connectivity index (χ0v) is 11.9. The molecule has 0 spiro atoms. The molecule has 0 radical (unpaired) electrons. The predicted molar refractivity (Wildman–Crippen MR) is 72.6 cm³/mol. The highest BCUT2D eigenvalue weighted by atomic mass is 32.2. The number of benzene rings is 1. The minimum absolute atomic E-state index is 0.0415. The highest BCUT2D eigenvalue weighted by Gasteiger charge is 2.19. The first-order valence-corrected chi connectivity index (χ1v) is 7.71. The third-order valence-electron chi connectivity index (χ3n) is 2.35. The Hall–Kier alpha value is -1.84. The maximum Gasteiger partial charge on any atom is 0.260 e. The Morgan fingerprint density at radius 1 is 1.40 bits per heavy atom. The Balaban J connectivity index is 2.28. The van der Waals surface area contributed by atoms with Crippen molar-refractivity contribution in [2.24, 2.45) is 5.14 Å². The van der Waals surface area contributed by atoms with E-state index in [9.17, 15) is 17.6 Å². The first-order valence-electron chi connectivity index (χ1n) is 5.35. The molecule has 0 aliphatic rings. The van der Waals surface area contributed by atoms with Gasteiger partial charge < -0.3 is 0 Å². The number of carbonyl (C=O) groups excluding carboxylic acids is 1. The highest BCUT2D eigenvalue weighted by molar-refractivity contribution is 7.91. The second-order valence-electron chi connectivity index (χ2n) is 3.87. The van der Waals surface area contributed by atoms with Crippen LogP contribution >= 0.6 is 11.3 Å². The summed E-state index contributed by atoms with van der Waals surface area (Å²) in [5.41, 5.74) is 0.0267. The lowest BCUT2D eigenvalue weighted by Gasteiger charge is -2.02. The summed E-state index contributed by atoms with van der Waals surface area (Å²) in [5.74, 6) is -1.39. The molecule has 0 atom stereocenters. The van der Waals surface area contributed by atoms with Gasteiger partial charge in [0.1, 0.15) is 5.82 Å². The van der Waals surface area contributed by atoms with Crippen molar-refractivity contribution in [2.75, 3.05) is 5.32 Å². The molecule has 3 N–H and O–H groups in total. The van der Waals surface area contributed by atoms with Crippen LogP contribution in [0.1, 0.15) is 16.1 Å². The number of amides is 1. The van der Waals surface area contributed by atoms with E-state index in [1.54, 1.807) is 0 Å². The lowest BCUT2D eigenvalue weighted by Crippen LogP contribution is -2.13. The number of hydrogen-bond donors (Lipinski definition) is 2.